The third-order valence-corrected chi connectivity index (χ3v) is 4.41. The van der Waals surface area contributed by atoms with E-state index >= 15 is 0 Å². The number of amides is 1. The maximum Gasteiger partial charge on any atom is 0.414 e. The summed E-state index contributed by atoms with van der Waals surface area (Å²) < 4.78 is 22.3. The van der Waals surface area contributed by atoms with E-state index in [-0.39, 0.29) is 6.54 Å². The van der Waals surface area contributed by atoms with E-state index in [1.54, 1.807) is 45.0 Å². The largest absolute Gasteiger partial charge is 0.489 e. The second-order valence-electron chi connectivity index (χ2n) is 7.29. The first-order valence-corrected chi connectivity index (χ1v) is 10.7. The molecule has 0 saturated heterocycles. The van der Waals surface area contributed by atoms with Gasteiger partial charge in [-0.1, -0.05) is 30.3 Å². The normalized spacial score (nSPS) is 11.8. The van der Waals surface area contributed by atoms with Gasteiger partial charge in [-0.05, 0) is 50.6 Å². The van der Waals surface area contributed by atoms with Crippen LogP contribution < -0.4 is 9.64 Å². The van der Waals surface area contributed by atoms with E-state index in [9.17, 15) is 9.36 Å². The summed E-state index contributed by atoms with van der Waals surface area (Å²) in [5.41, 5.74) is 0.772. The van der Waals surface area contributed by atoms with Gasteiger partial charge in [0, 0.05) is 12.2 Å². The van der Waals surface area contributed by atoms with Crippen molar-refractivity contribution in [1.82, 2.24) is 0 Å². The Balaban J connectivity index is 2.10. The highest BCUT2D eigenvalue weighted by Crippen LogP contribution is 2.34. The fourth-order valence-electron chi connectivity index (χ4n) is 2.34. The van der Waals surface area contributed by atoms with Gasteiger partial charge in [0.15, 0.2) is 0 Å². The van der Waals surface area contributed by atoms with Gasteiger partial charge in [-0.25, -0.2) is 4.79 Å². The van der Waals surface area contributed by atoms with Crippen LogP contribution in [0.5, 0.6) is 5.75 Å². The van der Waals surface area contributed by atoms with Crippen LogP contribution in [0.25, 0.3) is 0 Å². The Morgan fingerprint density at radius 2 is 1.64 bits per heavy atom. The van der Waals surface area contributed by atoms with Gasteiger partial charge in [0.1, 0.15) is 18.0 Å². The molecule has 0 atom stereocenters. The molecule has 0 aliphatic carbocycles. The maximum absolute atomic E-state index is 12.5. The van der Waals surface area contributed by atoms with Gasteiger partial charge in [0.25, 0.3) is 0 Å². The lowest BCUT2D eigenvalue weighted by atomic mass is 10.2. The Labute approximate surface area is 165 Å². The monoisotopic (exact) mass is 407 g/mol. The molecule has 0 radical (unpaired) electrons. The van der Waals surface area contributed by atoms with Crippen molar-refractivity contribution in [1.29, 1.82) is 0 Å². The molecule has 0 aliphatic rings. The molecule has 2 rings (SSSR count). The topological polar surface area (TPSA) is 96.3 Å². The summed E-state index contributed by atoms with van der Waals surface area (Å²) in [6.07, 6.45) is -1.13. The molecule has 1 amide bonds. The Kier molecular flexibility index (Phi) is 7.24. The lowest BCUT2D eigenvalue weighted by Gasteiger charge is -2.27. The summed E-state index contributed by atoms with van der Waals surface area (Å²) in [7, 11) is -4.26. The van der Waals surface area contributed by atoms with Crippen LogP contribution in [-0.4, -0.2) is 34.2 Å². The molecule has 8 heteroatoms. The van der Waals surface area contributed by atoms with Crippen molar-refractivity contribution in [2.45, 2.75) is 33.0 Å². The first-order valence-electron chi connectivity index (χ1n) is 8.85. The summed E-state index contributed by atoms with van der Waals surface area (Å²) in [5.74, 6) is 0.617. The summed E-state index contributed by atoms with van der Waals surface area (Å²) in [5, 5.41) is 0. The highest BCUT2D eigenvalue weighted by molar-refractivity contribution is 7.51. The van der Waals surface area contributed by atoms with Gasteiger partial charge < -0.3 is 19.3 Å². The number of ether oxygens (including phenoxy) is 2. The van der Waals surface area contributed by atoms with E-state index in [2.05, 4.69) is 0 Å². The van der Waals surface area contributed by atoms with Crippen LogP contribution >= 0.6 is 7.60 Å². The van der Waals surface area contributed by atoms with Gasteiger partial charge in [-0.3, -0.25) is 9.46 Å². The Bertz CT molecular complexity index is 811. The predicted octanol–water partition coefficient (Wildman–Crippen LogP) is 4.18. The Hall–Kier alpha value is -2.34. The van der Waals surface area contributed by atoms with Crippen LogP contribution in [0.3, 0.4) is 0 Å². The van der Waals surface area contributed by atoms with Gasteiger partial charge in [0.2, 0.25) is 0 Å². The fraction of sp³-hybridized carbons (Fsp3) is 0.350. The molecule has 2 N–H and O–H groups in total. The zero-order valence-corrected chi connectivity index (χ0v) is 17.1. The average Bonchev–Trinajstić information content (AvgIpc) is 2.59. The number of carbonyl (C=O) groups is 1. The zero-order chi connectivity index (χ0) is 20.8. The SMILES string of the molecule is CC(C)(C)OC(=O)N(CCP(=O)(O)O)c1ccc(OCc2ccccc2)cc1. The molecular formula is C20H26NO6P. The molecule has 0 bridgehead atoms. The Morgan fingerprint density at radius 1 is 1.04 bits per heavy atom. The average molecular weight is 407 g/mol. The standard InChI is InChI=1S/C20H26NO6P/c1-20(2,3)27-19(22)21(13-14-28(23,24)25)17-9-11-18(12-10-17)26-15-16-7-5-4-6-8-16/h4-12H,13-15H2,1-3H3,(H2,23,24,25). The minimum absolute atomic E-state index is 0.163. The molecule has 0 fully saturated rings. The zero-order valence-electron chi connectivity index (χ0n) is 16.2. The number of hydrogen-bond donors (Lipinski definition) is 2. The molecule has 0 saturated carbocycles. The number of hydrogen-bond acceptors (Lipinski definition) is 4. The predicted molar refractivity (Wildman–Crippen MR) is 108 cm³/mol. The van der Waals surface area contributed by atoms with Crippen LogP contribution in [0.2, 0.25) is 0 Å². The second kappa shape index (κ2) is 9.24. The van der Waals surface area contributed by atoms with Gasteiger partial charge in [0.05, 0.1) is 6.16 Å². The molecule has 0 spiro atoms. The van der Waals surface area contributed by atoms with Crippen molar-refractivity contribution in [2.75, 3.05) is 17.6 Å². The second-order valence-corrected chi connectivity index (χ2v) is 9.07. The molecular weight excluding hydrogens is 381 g/mol. The summed E-state index contributed by atoms with van der Waals surface area (Å²) >= 11 is 0. The smallest absolute Gasteiger partial charge is 0.414 e. The van der Waals surface area contributed by atoms with Crippen molar-refractivity contribution in [3.8, 4) is 5.75 Å². The quantitative estimate of drug-likeness (QED) is 0.669. The minimum Gasteiger partial charge on any atom is -0.489 e. The number of benzene rings is 2. The van der Waals surface area contributed by atoms with E-state index in [1.807, 2.05) is 30.3 Å². The van der Waals surface area contributed by atoms with Gasteiger partial charge in [-0.2, -0.15) is 0 Å². The lowest BCUT2D eigenvalue weighted by Crippen LogP contribution is -2.38. The van der Waals surface area contributed by atoms with Crippen molar-refractivity contribution < 1.29 is 28.6 Å². The number of nitrogens with zero attached hydrogens (tertiary/aromatic N) is 1. The van der Waals surface area contributed by atoms with Crippen molar-refractivity contribution in [3.05, 3.63) is 60.2 Å². The molecule has 0 unspecified atom stereocenters. The first-order chi connectivity index (χ1) is 13.0. The van der Waals surface area contributed by atoms with E-state index in [0.29, 0.717) is 18.0 Å². The van der Waals surface area contributed by atoms with Crippen molar-refractivity contribution in [2.24, 2.45) is 0 Å². The molecule has 7 nitrogen and oxygen atoms in total. The third kappa shape index (κ3) is 7.72. The van der Waals surface area contributed by atoms with E-state index in [4.69, 9.17) is 19.3 Å². The van der Waals surface area contributed by atoms with Crippen LogP contribution in [0.15, 0.2) is 54.6 Å². The summed E-state index contributed by atoms with van der Waals surface area (Å²) in [6, 6.07) is 16.4. The number of anilines is 1. The molecule has 2 aromatic carbocycles. The van der Waals surface area contributed by atoms with Gasteiger partial charge in [-0.15, -0.1) is 0 Å². The molecule has 152 valence electrons. The maximum atomic E-state index is 12.5. The van der Waals surface area contributed by atoms with Crippen LogP contribution in [0.4, 0.5) is 10.5 Å². The van der Waals surface area contributed by atoms with Gasteiger partial charge >= 0.3 is 13.7 Å². The van der Waals surface area contributed by atoms with Crippen molar-refractivity contribution in [3.63, 3.8) is 0 Å². The molecule has 0 heterocycles. The fourth-order valence-corrected chi connectivity index (χ4v) is 2.80. The number of rotatable bonds is 7. The summed E-state index contributed by atoms with van der Waals surface area (Å²) in [6.45, 7) is 5.43. The van der Waals surface area contributed by atoms with Crippen LogP contribution in [-0.2, 0) is 15.9 Å². The molecule has 2 aromatic rings. The van der Waals surface area contributed by atoms with Crippen molar-refractivity contribution >= 4 is 19.4 Å². The minimum atomic E-state index is -4.26. The van der Waals surface area contributed by atoms with E-state index < -0.39 is 25.5 Å². The van der Waals surface area contributed by atoms with E-state index in [1.165, 1.54) is 4.90 Å². The number of carbonyl (C=O) groups excluding carboxylic acids is 1. The first kappa shape index (κ1) is 22.0. The van der Waals surface area contributed by atoms with Crippen LogP contribution in [0.1, 0.15) is 26.3 Å². The summed E-state index contributed by atoms with van der Waals surface area (Å²) in [4.78, 5) is 32.0. The molecule has 0 aromatic heterocycles. The molecule has 0 aliphatic heterocycles. The Morgan fingerprint density at radius 3 is 2.18 bits per heavy atom. The highest BCUT2D eigenvalue weighted by Gasteiger charge is 2.26. The lowest BCUT2D eigenvalue weighted by molar-refractivity contribution is 0.0582. The highest BCUT2D eigenvalue weighted by atomic mass is 31.2. The van der Waals surface area contributed by atoms with E-state index in [0.717, 1.165) is 5.56 Å². The van der Waals surface area contributed by atoms with Crippen LogP contribution in [0, 0.1) is 0 Å². The molecule has 28 heavy (non-hydrogen) atoms. The third-order valence-electron chi connectivity index (χ3n) is 3.63.